The van der Waals surface area contributed by atoms with Crippen molar-refractivity contribution in [2.24, 2.45) is 0 Å². The highest BCUT2D eigenvalue weighted by Crippen LogP contribution is 2.18. The molecule has 0 saturated heterocycles. The van der Waals surface area contributed by atoms with Crippen LogP contribution in [0.2, 0.25) is 0 Å². The van der Waals surface area contributed by atoms with Crippen LogP contribution in [0.25, 0.3) is 10.9 Å². The van der Waals surface area contributed by atoms with Crippen LogP contribution in [0.4, 0.5) is 8.78 Å². The normalized spacial score (nSPS) is 10.9. The fourth-order valence-corrected chi connectivity index (χ4v) is 1.47. The number of aromatic nitrogens is 1. The van der Waals surface area contributed by atoms with E-state index >= 15 is 0 Å². The number of nitrogens with zero attached hydrogens (tertiary/aromatic N) is 1. The summed E-state index contributed by atoms with van der Waals surface area (Å²) in [6, 6.07) is 6.49. The minimum absolute atomic E-state index is 0.255. The number of aryl methyl sites for hydroxylation is 1. The third kappa shape index (κ3) is 1.30. The molecular weight excluding hydrogens is 172 g/mol. The lowest BCUT2D eigenvalue weighted by molar-refractivity contribution is 0.451. The summed E-state index contributed by atoms with van der Waals surface area (Å²) in [5.41, 5.74) is 0.748. The van der Waals surface area contributed by atoms with E-state index in [-0.39, 0.29) is 12.4 Å². The predicted molar refractivity (Wildman–Crippen MR) is 47.9 cm³/mol. The third-order valence-corrected chi connectivity index (χ3v) is 2.09. The van der Waals surface area contributed by atoms with Gasteiger partial charge in [-0.3, -0.25) is 0 Å². The zero-order valence-corrected chi connectivity index (χ0v) is 7.00. The van der Waals surface area contributed by atoms with Crippen LogP contribution < -0.4 is 0 Å². The van der Waals surface area contributed by atoms with Crippen molar-refractivity contribution >= 4 is 10.9 Å². The van der Waals surface area contributed by atoms with Gasteiger partial charge in [0.25, 0.3) is 0 Å². The van der Waals surface area contributed by atoms with Crippen LogP contribution in [0.3, 0.4) is 0 Å². The summed E-state index contributed by atoms with van der Waals surface area (Å²) < 4.78 is 26.9. The smallest absolute Gasteiger partial charge is 0.132 e. The molecule has 1 aromatic heterocycles. The molecule has 2 aromatic rings. The average molecular weight is 181 g/mol. The number of alkyl halides is 1. The van der Waals surface area contributed by atoms with Crippen molar-refractivity contribution in [3.8, 4) is 0 Å². The molecule has 13 heavy (non-hydrogen) atoms. The van der Waals surface area contributed by atoms with E-state index in [2.05, 4.69) is 0 Å². The van der Waals surface area contributed by atoms with Crippen LogP contribution in [-0.2, 0) is 6.54 Å². The van der Waals surface area contributed by atoms with Crippen LogP contribution in [0, 0.1) is 5.82 Å². The van der Waals surface area contributed by atoms with Crippen molar-refractivity contribution in [3.63, 3.8) is 0 Å². The summed E-state index contributed by atoms with van der Waals surface area (Å²) in [5.74, 6) is -0.255. The minimum Gasteiger partial charge on any atom is -0.345 e. The molecule has 1 heterocycles. The number of rotatable bonds is 2. The Kier molecular flexibility index (Phi) is 2.00. The lowest BCUT2D eigenvalue weighted by atomic mass is 10.2. The first-order valence-corrected chi connectivity index (χ1v) is 4.12. The van der Waals surface area contributed by atoms with Gasteiger partial charge in [-0.1, -0.05) is 6.07 Å². The van der Waals surface area contributed by atoms with Gasteiger partial charge in [0.15, 0.2) is 0 Å². The van der Waals surface area contributed by atoms with E-state index in [1.807, 2.05) is 0 Å². The first-order valence-electron chi connectivity index (χ1n) is 4.12. The van der Waals surface area contributed by atoms with E-state index in [1.165, 1.54) is 6.07 Å². The molecular formula is C10H9F2N. The zero-order chi connectivity index (χ0) is 9.26. The maximum atomic E-state index is 13.1. The van der Waals surface area contributed by atoms with Crippen LogP contribution in [0.15, 0.2) is 30.5 Å². The van der Waals surface area contributed by atoms with Crippen LogP contribution in [-0.4, -0.2) is 11.2 Å². The molecule has 0 atom stereocenters. The lowest BCUT2D eigenvalue weighted by Gasteiger charge is -2.00. The van der Waals surface area contributed by atoms with E-state index in [9.17, 15) is 8.78 Å². The Bertz CT molecular complexity index is 420. The Balaban J connectivity index is 2.61. The highest BCUT2D eigenvalue weighted by Gasteiger charge is 2.03. The molecule has 0 aliphatic rings. The first-order chi connectivity index (χ1) is 6.33. The summed E-state index contributed by atoms with van der Waals surface area (Å²) in [6.07, 6.45) is 1.70. The molecule has 0 radical (unpaired) electrons. The summed E-state index contributed by atoms with van der Waals surface area (Å²) >= 11 is 0. The molecule has 2 rings (SSSR count). The summed E-state index contributed by atoms with van der Waals surface area (Å²) in [5, 5.41) is 0.552. The highest BCUT2D eigenvalue weighted by atomic mass is 19.1. The van der Waals surface area contributed by atoms with Gasteiger partial charge in [0.2, 0.25) is 0 Å². The number of fused-ring (bicyclic) bond motifs is 1. The van der Waals surface area contributed by atoms with Crippen molar-refractivity contribution in [1.82, 2.24) is 4.57 Å². The van der Waals surface area contributed by atoms with E-state index in [1.54, 1.807) is 29.0 Å². The molecule has 1 aromatic carbocycles. The summed E-state index contributed by atoms with van der Waals surface area (Å²) in [7, 11) is 0. The van der Waals surface area contributed by atoms with Crippen molar-refractivity contribution in [2.45, 2.75) is 6.54 Å². The molecule has 68 valence electrons. The minimum atomic E-state index is -0.430. The van der Waals surface area contributed by atoms with Gasteiger partial charge in [-0.2, -0.15) is 0 Å². The molecule has 0 spiro atoms. The second kappa shape index (κ2) is 3.17. The summed E-state index contributed by atoms with van der Waals surface area (Å²) in [4.78, 5) is 0. The largest absolute Gasteiger partial charge is 0.345 e. The van der Waals surface area contributed by atoms with Crippen LogP contribution in [0.1, 0.15) is 0 Å². The molecule has 0 N–H and O–H groups in total. The Morgan fingerprint density at radius 3 is 2.85 bits per heavy atom. The quantitative estimate of drug-likeness (QED) is 0.671. The molecule has 0 bridgehead atoms. The number of hydrogen-bond acceptors (Lipinski definition) is 0. The fraction of sp³-hybridized carbons (Fsp3) is 0.200. The maximum absolute atomic E-state index is 13.1. The molecule has 0 aliphatic carbocycles. The van der Waals surface area contributed by atoms with Gasteiger partial charge in [-0.05, 0) is 18.2 Å². The molecule has 0 unspecified atom stereocenters. The van der Waals surface area contributed by atoms with Gasteiger partial charge in [-0.25, -0.2) is 8.78 Å². The number of benzene rings is 1. The van der Waals surface area contributed by atoms with Gasteiger partial charge in [0.1, 0.15) is 12.5 Å². The molecule has 0 aliphatic heterocycles. The Hall–Kier alpha value is -1.38. The van der Waals surface area contributed by atoms with Crippen molar-refractivity contribution in [3.05, 3.63) is 36.3 Å². The molecule has 0 saturated carbocycles. The first kappa shape index (κ1) is 8.23. The molecule has 0 amide bonds. The van der Waals surface area contributed by atoms with Crippen LogP contribution in [0.5, 0.6) is 0 Å². The monoisotopic (exact) mass is 181 g/mol. The lowest BCUT2D eigenvalue weighted by Crippen LogP contribution is -1.96. The van der Waals surface area contributed by atoms with Crippen LogP contribution >= 0.6 is 0 Å². The van der Waals surface area contributed by atoms with E-state index in [4.69, 9.17) is 0 Å². The predicted octanol–water partition coefficient (Wildman–Crippen LogP) is 2.75. The summed E-state index contributed by atoms with van der Waals surface area (Å²) in [6.45, 7) is -0.146. The van der Waals surface area contributed by atoms with E-state index in [0.717, 1.165) is 5.52 Å². The Morgan fingerprint density at radius 2 is 2.08 bits per heavy atom. The van der Waals surface area contributed by atoms with Gasteiger partial charge in [0.05, 0.1) is 12.1 Å². The topological polar surface area (TPSA) is 4.93 Å². The van der Waals surface area contributed by atoms with E-state index in [0.29, 0.717) is 5.39 Å². The standard InChI is InChI=1S/C10H9F2N/c11-5-7-13-6-4-8-9(12)2-1-3-10(8)13/h1-4,6H,5,7H2. The highest BCUT2D eigenvalue weighted by molar-refractivity contribution is 5.80. The molecule has 3 heteroatoms. The number of halogens is 2. The maximum Gasteiger partial charge on any atom is 0.132 e. The van der Waals surface area contributed by atoms with E-state index < -0.39 is 6.67 Å². The molecule has 1 nitrogen and oxygen atoms in total. The number of hydrogen-bond donors (Lipinski definition) is 0. The van der Waals surface area contributed by atoms with Crippen molar-refractivity contribution in [1.29, 1.82) is 0 Å². The average Bonchev–Trinajstić information content (AvgIpc) is 2.51. The molecule has 0 fully saturated rings. The Morgan fingerprint density at radius 1 is 1.23 bits per heavy atom. The van der Waals surface area contributed by atoms with Gasteiger partial charge < -0.3 is 4.57 Å². The second-order valence-electron chi connectivity index (χ2n) is 2.87. The van der Waals surface area contributed by atoms with Crippen molar-refractivity contribution in [2.75, 3.05) is 6.67 Å². The SMILES string of the molecule is FCCn1ccc2c(F)cccc21. The van der Waals surface area contributed by atoms with Gasteiger partial charge in [0, 0.05) is 11.6 Å². The Labute approximate surface area is 74.6 Å². The third-order valence-electron chi connectivity index (χ3n) is 2.09. The van der Waals surface area contributed by atoms with Gasteiger partial charge >= 0.3 is 0 Å². The van der Waals surface area contributed by atoms with Crippen molar-refractivity contribution < 1.29 is 8.78 Å². The second-order valence-corrected chi connectivity index (χ2v) is 2.87. The fourth-order valence-electron chi connectivity index (χ4n) is 1.47. The van der Waals surface area contributed by atoms with Gasteiger partial charge in [-0.15, -0.1) is 0 Å². The zero-order valence-electron chi connectivity index (χ0n) is 7.00.